The number of benzene rings is 1. The Morgan fingerprint density at radius 2 is 1.94 bits per heavy atom. The quantitative estimate of drug-likeness (QED) is 0.603. The van der Waals surface area contributed by atoms with Crippen LogP contribution in [0.5, 0.6) is 0 Å². The molecule has 1 aromatic carbocycles. The number of hydrogen-bond acceptors (Lipinski definition) is 3. The Morgan fingerprint density at radius 1 is 1.24 bits per heavy atom. The van der Waals surface area contributed by atoms with Gasteiger partial charge in [0.25, 0.3) is 0 Å². The average molecular weight is 258 g/mol. The summed E-state index contributed by atoms with van der Waals surface area (Å²) in [6.45, 7) is 6.65. The molecular formula is C13H20ClNO2. The third-order valence-electron chi connectivity index (χ3n) is 2.15. The van der Waals surface area contributed by atoms with E-state index in [0.717, 1.165) is 12.2 Å². The second kappa shape index (κ2) is 7.54. The summed E-state index contributed by atoms with van der Waals surface area (Å²) in [6.07, 6.45) is 0. The van der Waals surface area contributed by atoms with E-state index in [1.54, 1.807) is 12.1 Å². The van der Waals surface area contributed by atoms with Crippen LogP contribution in [0.3, 0.4) is 0 Å². The van der Waals surface area contributed by atoms with Gasteiger partial charge in [0.15, 0.2) is 0 Å². The minimum atomic E-state index is 0.467. The number of hydrogen-bond donors (Lipinski definition) is 1. The lowest BCUT2D eigenvalue weighted by Crippen LogP contribution is -2.08. The molecule has 0 radical (unpaired) electrons. The Hall–Kier alpha value is -0.770. The highest BCUT2D eigenvalue weighted by Gasteiger charge is 2.01. The molecule has 0 aliphatic heterocycles. The highest BCUT2D eigenvalue weighted by atomic mass is 35.5. The van der Waals surface area contributed by atoms with Gasteiger partial charge in [0.2, 0.25) is 0 Å². The van der Waals surface area contributed by atoms with Crippen molar-refractivity contribution >= 4 is 17.3 Å². The molecule has 0 saturated heterocycles. The first kappa shape index (κ1) is 14.3. The van der Waals surface area contributed by atoms with Gasteiger partial charge in [0.1, 0.15) is 0 Å². The summed E-state index contributed by atoms with van der Waals surface area (Å²) >= 11 is 6.01. The second-order valence-electron chi connectivity index (χ2n) is 4.37. The highest BCUT2D eigenvalue weighted by molar-refractivity contribution is 6.31. The van der Waals surface area contributed by atoms with E-state index in [9.17, 15) is 0 Å². The molecule has 0 aliphatic carbocycles. The normalized spacial score (nSPS) is 11.1. The third kappa shape index (κ3) is 5.91. The maximum Gasteiger partial charge on any atom is 0.0733 e. The molecule has 0 aliphatic rings. The van der Waals surface area contributed by atoms with Crippen LogP contribution in [0.15, 0.2) is 18.2 Å². The lowest BCUT2D eigenvalue weighted by molar-refractivity contribution is 0.0315. The summed E-state index contributed by atoms with van der Waals surface area (Å²) in [6, 6.07) is 5.39. The first-order valence-corrected chi connectivity index (χ1v) is 6.16. The van der Waals surface area contributed by atoms with Gasteiger partial charge in [-0.2, -0.15) is 0 Å². The molecule has 3 nitrogen and oxygen atoms in total. The van der Waals surface area contributed by atoms with E-state index in [2.05, 4.69) is 13.8 Å². The van der Waals surface area contributed by atoms with Gasteiger partial charge in [0.05, 0.1) is 19.8 Å². The summed E-state index contributed by atoms with van der Waals surface area (Å²) in [5.74, 6) is 0.554. The summed E-state index contributed by atoms with van der Waals surface area (Å²) in [5, 5.41) is 0.683. The summed E-state index contributed by atoms with van der Waals surface area (Å²) in [5.41, 5.74) is 7.28. The fourth-order valence-corrected chi connectivity index (χ4v) is 1.50. The molecule has 0 fully saturated rings. The van der Waals surface area contributed by atoms with Gasteiger partial charge in [-0.25, -0.2) is 0 Å². The number of anilines is 1. The van der Waals surface area contributed by atoms with Crippen molar-refractivity contribution in [3.8, 4) is 0 Å². The van der Waals surface area contributed by atoms with Crippen LogP contribution in [0.2, 0.25) is 5.02 Å². The Balaban J connectivity index is 2.20. The van der Waals surface area contributed by atoms with Crippen LogP contribution in [0.1, 0.15) is 19.4 Å². The van der Waals surface area contributed by atoms with Crippen molar-refractivity contribution in [2.45, 2.75) is 20.5 Å². The van der Waals surface area contributed by atoms with Crippen molar-refractivity contribution in [1.82, 2.24) is 0 Å². The van der Waals surface area contributed by atoms with Crippen molar-refractivity contribution in [3.63, 3.8) is 0 Å². The second-order valence-corrected chi connectivity index (χ2v) is 4.78. The molecule has 0 bridgehead atoms. The first-order valence-electron chi connectivity index (χ1n) is 5.79. The van der Waals surface area contributed by atoms with Crippen molar-refractivity contribution in [2.24, 2.45) is 5.92 Å². The Bertz CT molecular complexity index is 342. The van der Waals surface area contributed by atoms with Crippen LogP contribution >= 0.6 is 11.6 Å². The van der Waals surface area contributed by atoms with E-state index in [0.29, 0.717) is 36.4 Å². The van der Waals surface area contributed by atoms with E-state index >= 15 is 0 Å². The van der Waals surface area contributed by atoms with Gasteiger partial charge in [-0.1, -0.05) is 25.4 Å². The average Bonchev–Trinajstić information content (AvgIpc) is 2.27. The fourth-order valence-electron chi connectivity index (χ4n) is 1.32. The van der Waals surface area contributed by atoms with E-state index in [1.165, 1.54) is 0 Å². The Morgan fingerprint density at radius 3 is 2.65 bits per heavy atom. The predicted molar refractivity (Wildman–Crippen MR) is 71.2 cm³/mol. The fraction of sp³-hybridized carbons (Fsp3) is 0.538. The zero-order valence-electron chi connectivity index (χ0n) is 10.4. The standard InChI is InChI=1S/C13H20ClNO2/c1-10(2)8-16-5-6-17-9-11-7-12(15)3-4-13(11)14/h3-4,7,10H,5-6,8-9,15H2,1-2H3. The molecule has 0 aromatic heterocycles. The number of ether oxygens (including phenoxy) is 2. The molecule has 17 heavy (non-hydrogen) atoms. The maximum atomic E-state index is 6.01. The van der Waals surface area contributed by atoms with E-state index in [1.807, 2.05) is 6.07 Å². The molecule has 1 rings (SSSR count). The van der Waals surface area contributed by atoms with Crippen LogP contribution in [0.4, 0.5) is 5.69 Å². The zero-order chi connectivity index (χ0) is 12.7. The van der Waals surface area contributed by atoms with Gasteiger partial charge in [0, 0.05) is 17.3 Å². The minimum absolute atomic E-state index is 0.467. The minimum Gasteiger partial charge on any atom is -0.399 e. The largest absolute Gasteiger partial charge is 0.399 e. The molecule has 4 heteroatoms. The first-order chi connectivity index (χ1) is 8.09. The molecule has 0 saturated carbocycles. The van der Waals surface area contributed by atoms with Crippen LogP contribution in [0.25, 0.3) is 0 Å². The van der Waals surface area contributed by atoms with E-state index < -0.39 is 0 Å². The molecule has 96 valence electrons. The summed E-state index contributed by atoms with van der Waals surface area (Å²) in [4.78, 5) is 0. The highest BCUT2D eigenvalue weighted by Crippen LogP contribution is 2.19. The van der Waals surface area contributed by atoms with E-state index in [4.69, 9.17) is 26.8 Å². The van der Waals surface area contributed by atoms with Crippen molar-refractivity contribution in [3.05, 3.63) is 28.8 Å². The van der Waals surface area contributed by atoms with Crippen LogP contribution in [-0.4, -0.2) is 19.8 Å². The molecule has 2 N–H and O–H groups in total. The van der Waals surface area contributed by atoms with Crippen molar-refractivity contribution in [2.75, 3.05) is 25.6 Å². The number of rotatable bonds is 7. The maximum absolute atomic E-state index is 6.01. The van der Waals surface area contributed by atoms with Gasteiger partial charge < -0.3 is 15.2 Å². The van der Waals surface area contributed by atoms with Gasteiger partial charge in [-0.3, -0.25) is 0 Å². The predicted octanol–water partition coefficient (Wildman–Crippen LogP) is 3.11. The molecule has 0 heterocycles. The Kier molecular flexibility index (Phi) is 6.34. The van der Waals surface area contributed by atoms with Crippen LogP contribution in [-0.2, 0) is 16.1 Å². The topological polar surface area (TPSA) is 44.5 Å². The third-order valence-corrected chi connectivity index (χ3v) is 2.52. The zero-order valence-corrected chi connectivity index (χ0v) is 11.2. The number of nitrogens with two attached hydrogens (primary N) is 1. The molecule has 0 spiro atoms. The van der Waals surface area contributed by atoms with Crippen molar-refractivity contribution < 1.29 is 9.47 Å². The SMILES string of the molecule is CC(C)COCCOCc1cc(N)ccc1Cl. The van der Waals surface area contributed by atoms with Gasteiger partial charge in [-0.05, 0) is 29.7 Å². The van der Waals surface area contributed by atoms with Gasteiger partial charge >= 0.3 is 0 Å². The van der Waals surface area contributed by atoms with Crippen LogP contribution < -0.4 is 5.73 Å². The molecule has 1 aromatic rings. The number of halogens is 1. The molecular weight excluding hydrogens is 238 g/mol. The van der Waals surface area contributed by atoms with Crippen LogP contribution in [0, 0.1) is 5.92 Å². The molecule has 0 unspecified atom stereocenters. The van der Waals surface area contributed by atoms with Gasteiger partial charge in [-0.15, -0.1) is 0 Å². The lowest BCUT2D eigenvalue weighted by atomic mass is 10.2. The summed E-state index contributed by atoms with van der Waals surface area (Å²) in [7, 11) is 0. The Labute approximate surface area is 108 Å². The summed E-state index contributed by atoms with van der Waals surface area (Å²) < 4.78 is 10.9. The smallest absolute Gasteiger partial charge is 0.0733 e. The molecule has 0 amide bonds. The lowest BCUT2D eigenvalue weighted by Gasteiger charge is -2.09. The van der Waals surface area contributed by atoms with Crippen molar-refractivity contribution in [1.29, 1.82) is 0 Å². The monoisotopic (exact) mass is 257 g/mol. The van der Waals surface area contributed by atoms with E-state index in [-0.39, 0.29) is 0 Å². The number of nitrogen functional groups attached to an aromatic ring is 1. The molecule has 0 atom stereocenters.